The summed E-state index contributed by atoms with van der Waals surface area (Å²) in [5.41, 5.74) is -0.531. The van der Waals surface area contributed by atoms with Gasteiger partial charge < -0.3 is 14.5 Å². The second-order valence-corrected chi connectivity index (χ2v) is 9.14. The summed E-state index contributed by atoms with van der Waals surface area (Å²) in [5.74, 6) is -1.14. The fourth-order valence-electron chi connectivity index (χ4n) is 4.72. The second kappa shape index (κ2) is 10.3. The zero-order valence-electron chi connectivity index (χ0n) is 18.8. The molecule has 2 saturated heterocycles. The summed E-state index contributed by atoms with van der Waals surface area (Å²) in [5, 5.41) is 0. The topological polar surface area (TPSA) is 49.9 Å². The van der Waals surface area contributed by atoms with E-state index in [0.29, 0.717) is 39.0 Å². The number of hydrogen-bond donors (Lipinski definition) is 0. The Balaban J connectivity index is 1.45. The van der Waals surface area contributed by atoms with Crippen LogP contribution in [-0.2, 0) is 4.79 Å². The highest BCUT2D eigenvalue weighted by Crippen LogP contribution is 2.37. The maximum atomic E-state index is 14.1. The van der Waals surface area contributed by atoms with Crippen molar-refractivity contribution in [3.8, 4) is 5.75 Å². The fourth-order valence-corrected chi connectivity index (χ4v) is 4.72. The second-order valence-electron chi connectivity index (χ2n) is 9.14. The molecule has 0 saturated carbocycles. The molecule has 0 unspecified atom stereocenters. The standard InChI is InChI=1S/C26H30F2N2O3/c27-20-9-10-22(23(28)17-20)25(32)30-15-11-26(12-16-30,19-33-21-7-3-1-4-8-21)18-24(31)29-13-5-2-6-14-29/h1,3-4,7-10,17H,2,5-6,11-16,18-19H2. The van der Waals surface area contributed by atoms with Crippen LogP contribution < -0.4 is 4.74 Å². The van der Waals surface area contributed by atoms with E-state index >= 15 is 0 Å². The number of rotatable bonds is 6. The number of carbonyl (C=O) groups excluding carboxylic acids is 2. The van der Waals surface area contributed by atoms with Gasteiger partial charge in [-0.2, -0.15) is 0 Å². The van der Waals surface area contributed by atoms with Gasteiger partial charge in [0.15, 0.2) is 0 Å². The Morgan fingerprint density at radius 1 is 0.879 bits per heavy atom. The molecule has 2 aromatic carbocycles. The van der Waals surface area contributed by atoms with Crippen LogP contribution in [0, 0.1) is 17.0 Å². The van der Waals surface area contributed by atoms with Crippen LogP contribution in [-0.4, -0.2) is 54.4 Å². The van der Waals surface area contributed by atoms with E-state index in [0.717, 1.165) is 50.2 Å². The smallest absolute Gasteiger partial charge is 0.256 e. The van der Waals surface area contributed by atoms with E-state index in [4.69, 9.17) is 4.74 Å². The summed E-state index contributed by atoms with van der Waals surface area (Å²) in [6, 6.07) is 12.5. The monoisotopic (exact) mass is 456 g/mol. The molecule has 5 nitrogen and oxygen atoms in total. The third-order valence-corrected chi connectivity index (χ3v) is 6.80. The third kappa shape index (κ3) is 5.70. The summed E-state index contributed by atoms with van der Waals surface area (Å²) in [4.78, 5) is 29.5. The average Bonchev–Trinajstić information content (AvgIpc) is 2.84. The van der Waals surface area contributed by atoms with E-state index in [1.54, 1.807) is 4.90 Å². The molecule has 4 rings (SSSR count). The Bertz CT molecular complexity index is 969. The average molecular weight is 457 g/mol. The summed E-state index contributed by atoms with van der Waals surface area (Å²) in [6.07, 6.45) is 4.74. The van der Waals surface area contributed by atoms with Crippen molar-refractivity contribution in [3.63, 3.8) is 0 Å². The first kappa shape index (κ1) is 23.2. The highest BCUT2D eigenvalue weighted by Gasteiger charge is 2.40. The van der Waals surface area contributed by atoms with Crippen LogP contribution in [0.5, 0.6) is 5.75 Å². The summed E-state index contributed by atoms with van der Waals surface area (Å²) < 4.78 is 33.5. The van der Waals surface area contributed by atoms with E-state index in [1.807, 2.05) is 35.2 Å². The Labute approximate surface area is 193 Å². The van der Waals surface area contributed by atoms with Crippen molar-refractivity contribution in [2.45, 2.75) is 38.5 Å². The summed E-state index contributed by atoms with van der Waals surface area (Å²) in [6.45, 7) is 2.75. The Kier molecular flexibility index (Phi) is 7.26. The molecule has 0 aromatic heterocycles. The van der Waals surface area contributed by atoms with Crippen molar-refractivity contribution in [1.82, 2.24) is 9.80 Å². The van der Waals surface area contributed by atoms with Gasteiger partial charge in [-0.05, 0) is 56.4 Å². The Hall–Kier alpha value is -2.96. The summed E-state index contributed by atoms with van der Waals surface area (Å²) >= 11 is 0. The minimum Gasteiger partial charge on any atom is -0.493 e. The van der Waals surface area contributed by atoms with Crippen molar-refractivity contribution in [2.75, 3.05) is 32.8 Å². The molecule has 2 amide bonds. The molecule has 0 aliphatic carbocycles. The molecule has 2 fully saturated rings. The molecule has 0 spiro atoms. The first-order chi connectivity index (χ1) is 16.0. The van der Waals surface area contributed by atoms with Gasteiger partial charge in [0.25, 0.3) is 5.91 Å². The van der Waals surface area contributed by atoms with E-state index in [1.165, 1.54) is 6.07 Å². The lowest BCUT2D eigenvalue weighted by atomic mass is 9.75. The molecule has 0 N–H and O–H groups in total. The number of likely N-dealkylation sites (tertiary alicyclic amines) is 2. The molecule has 7 heteroatoms. The number of piperidine rings is 2. The van der Waals surface area contributed by atoms with Gasteiger partial charge in [-0.25, -0.2) is 8.78 Å². The molecule has 2 aliphatic heterocycles. The predicted octanol–water partition coefficient (Wildman–Crippen LogP) is 4.67. The number of para-hydroxylation sites is 1. The lowest BCUT2D eigenvalue weighted by molar-refractivity contribution is -0.136. The fraction of sp³-hybridized carbons (Fsp3) is 0.462. The first-order valence-corrected chi connectivity index (χ1v) is 11.7. The molecular formula is C26H30F2N2O3. The molecule has 176 valence electrons. The minimum atomic E-state index is -0.857. The van der Waals surface area contributed by atoms with Crippen molar-refractivity contribution in [3.05, 3.63) is 65.7 Å². The van der Waals surface area contributed by atoms with E-state index in [9.17, 15) is 18.4 Å². The zero-order valence-corrected chi connectivity index (χ0v) is 18.8. The lowest BCUT2D eigenvalue weighted by Crippen LogP contribution is -2.48. The van der Waals surface area contributed by atoms with Gasteiger partial charge in [0, 0.05) is 44.1 Å². The summed E-state index contributed by atoms with van der Waals surface area (Å²) in [7, 11) is 0. The minimum absolute atomic E-state index is 0.131. The Morgan fingerprint density at radius 2 is 1.58 bits per heavy atom. The molecule has 0 bridgehead atoms. The van der Waals surface area contributed by atoms with Crippen LogP contribution in [0.15, 0.2) is 48.5 Å². The van der Waals surface area contributed by atoms with Crippen molar-refractivity contribution in [2.24, 2.45) is 5.41 Å². The number of amides is 2. The molecular weight excluding hydrogens is 426 g/mol. The van der Waals surface area contributed by atoms with Crippen LogP contribution in [0.4, 0.5) is 8.78 Å². The third-order valence-electron chi connectivity index (χ3n) is 6.80. The van der Waals surface area contributed by atoms with Crippen LogP contribution in [0.3, 0.4) is 0 Å². The largest absolute Gasteiger partial charge is 0.493 e. The molecule has 2 aromatic rings. The molecule has 33 heavy (non-hydrogen) atoms. The molecule has 0 radical (unpaired) electrons. The number of halogens is 2. The highest BCUT2D eigenvalue weighted by atomic mass is 19.1. The van der Waals surface area contributed by atoms with Crippen LogP contribution in [0.2, 0.25) is 0 Å². The number of carbonyl (C=O) groups is 2. The van der Waals surface area contributed by atoms with E-state index < -0.39 is 23.0 Å². The zero-order chi connectivity index (χ0) is 23.3. The lowest BCUT2D eigenvalue weighted by Gasteiger charge is -2.42. The van der Waals surface area contributed by atoms with Crippen molar-refractivity contribution < 1.29 is 23.1 Å². The number of ether oxygens (including phenoxy) is 1. The normalized spacial score (nSPS) is 18.1. The number of nitrogens with zero attached hydrogens (tertiary/aromatic N) is 2. The van der Waals surface area contributed by atoms with Crippen molar-refractivity contribution >= 4 is 11.8 Å². The van der Waals surface area contributed by atoms with Crippen LogP contribution in [0.25, 0.3) is 0 Å². The quantitative estimate of drug-likeness (QED) is 0.635. The van der Waals surface area contributed by atoms with Gasteiger partial charge in [0.2, 0.25) is 5.91 Å². The van der Waals surface area contributed by atoms with E-state index in [-0.39, 0.29) is 11.5 Å². The van der Waals surface area contributed by atoms with Gasteiger partial charge in [-0.3, -0.25) is 9.59 Å². The maximum Gasteiger partial charge on any atom is 0.256 e. The SMILES string of the molecule is O=C(CC1(COc2ccccc2)CCN(C(=O)c2ccc(F)cc2F)CC1)N1CCCCC1. The van der Waals surface area contributed by atoms with Gasteiger partial charge in [-0.15, -0.1) is 0 Å². The van der Waals surface area contributed by atoms with Gasteiger partial charge in [0.05, 0.1) is 12.2 Å². The number of benzene rings is 2. The predicted molar refractivity (Wildman–Crippen MR) is 121 cm³/mol. The molecule has 2 heterocycles. The van der Waals surface area contributed by atoms with Gasteiger partial charge >= 0.3 is 0 Å². The van der Waals surface area contributed by atoms with Crippen LogP contribution in [0.1, 0.15) is 48.9 Å². The number of hydrogen-bond acceptors (Lipinski definition) is 3. The molecule has 0 atom stereocenters. The van der Waals surface area contributed by atoms with E-state index in [2.05, 4.69) is 0 Å². The molecule has 2 aliphatic rings. The first-order valence-electron chi connectivity index (χ1n) is 11.7. The van der Waals surface area contributed by atoms with Gasteiger partial charge in [-0.1, -0.05) is 18.2 Å². The van der Waals surface area contributed by atoms with Crippen molar-refractivity contribution in [1.29, 1.82) is 0 Å². The highest BCUT2D eigenvalue weighted by molar-refractivity contribution is 5.94. The van der Waals surface area contributed by atoms with Crippen LogP contribution >= 0.6 is 0 Å². The van der Waals surface area contributed by atoms with Gasteiger partial charge in [0.1, 0.15) is 17.4 Å². The Morgan fingerprint density at radius 3 is 2.24 bits per heavy atom. The maximum absolute atomic E-state index is 14.1.